The van der Waals surface area contributed by atoms with Crippen LogP contribution in [0.2, 0.25) is 0 Å². The van der Waals surface area contributed by atoms with E-state index in [-0.39, 0.29) is 0 Å². The first-order valence-electron chi connectivity index (χ1n) is 14.7. The van der Waals surface area contributed by atoms with E-state index >= 15 is 0 Å². The summed E-state index contributed by atoms with van der Waals surface area (Å²) in [6.45, 7) is 2.29. The first-order valence-corrected chi connectivity index (χ1v) is 15.1. The molecule has 0 radical (unpaired) electrons. The Bertz CT molecular complexity index is 904. The molecule has 0 heterocycles. The van der Waals surface area contributed by atoms with E-state index < -0.39 is 0 Å². The molecule has 2 aromatic carbocycles. The number of aryl methyl sites for hydroxylation is 1. The molecule has 0 spiro atoms. The van der Waals surface area contributed by atoms with Crippen LogP contribution in [0.1, 0.15) is 120 Å². The van der Waals surface area contributed by atoms with Crippen molar-refractivity contribution in [3.63, 3.8) is 0 Å². The van der Waals surface area contributed by atoms with Crippen molar-refractivity contribution in [1.82, 2.24) is 0 Å². The highest BCUT2D eigenvalue weighted by Crippen LogP contribution is 2.31. The average molecular weight is 523 g/mol. The van der Waals surface area contributed by atoms with Crippen LogP contribution >= 0.6 is 12.2 Å². The zero-order chi connectivity index (χ0) is 26.6. The second-order valence-electron chi connectivity index (χ2n) is 10.2. The zero-order valence-electron chi connectivity index (χ0n) is 23.7. The molecule has 204 valence electrons. The van der Waals surface area contributed by atoms with Gasteiger partial charge in [-0.3, -0.25) is 0 Å². The van der Waals surface area contributed by atoms with E-state index in [1.165, 1.54) is 102 Å². The lowest BCUT2D eigenvalue weighted by Crippen LogP contribution is -1.97. The van der Waals surface area contributed by atoms with Crippen LogP contribution in [0.4, 0.5) is 0 Å². The molecule has 0 unspecified atom stereocenters. The Labute approximate surface area is 232 Å². The maximum absolute atomic E-state index is 5.73. The number of hydrogen-bond donors (Lipinski definition) is 0. The maximum atomic E-state index is 5.73. The number of methoxy groups -OCH3 is 2. The quantitative estimate of drug-likeness (QED) is 0.0703. The van der Waals surface area contributed by atoms with Gasteiger partial charge in [-0.15, -0.1) is 0 Å². The van der Waals surface area contributed by atoms with E-state index in [2.05, 4.69) is 19.1 Å². The molecule has 0 saturated carbocycles. The van der Waals surface area contributed by atoms with E-state index in [4.69, 9.17) is 21.7 Å². The summed E-state index contributed by atoms with van der Waals surface area (Å²) >= 11 is 5.58. The summed E-state index contributed by atoms with van der Waals surface area (Å²) in [5.41, 5.74) is 3.25. The fourth-order valence-corrected chi connectivity index (χ4v) is 5.07. The van der Waals surface area contributed by atoms with Crippen LogP contribution in [0.25, 0.3) is 6.08 Å². The van der Waals surface area contributed by atoms with Gasteiger partial charge in [-0.2, -0.15) is 0 Å². The normalized spacial score (nSPS) is 11.2. The van der Waals surface area contributed by atoms with Gasteiger partial charge in [-0.25, -0.2) is 0 Å². The summed E-state index contributed by atoms with van der Waals surface area (Å²) in [5.74, 6) is 1.79. The van der Waals surface area contributed by atoms with E-state index in [0.29, 0.717) is 0 Å². The molecule has 2 nitrogen and oxygen atoms in total. The molecule has 0 aliphatic carbocycles. The Balaban J connectivity index is 1.66. The minimum atomic E-state index is 0.809. The molecule has 0 N–H and O–H groups in total. The average Bonchev–Trinajstić information content (AvgIpc) is 2.94. The summed E-state index contributed by atoms with van der Waals surface area (Å²) in [7, 11) is 3.48. The lowest BCUT2D eigenvalue weighted by atomic mass is 10.0. The van der Waals surface area contributed by atoms with Gasteiger partial charge < -0.3 is 9.47 Å². The van der Waals surface area contributed by atoms with Crippen LogP contribution < -0.4 is 9.47 Å². The minimum Gasteiger partial charge on any atom is -0.496 e. The molecule has 0 fully saturated rings. The van der Waals surface area contributed by atoms with Crippen molar-refractivity contribution in [1.29, 1.82) is 0 Å². The first-order chi connectivity index (χ1) is 18.2. The third kappa shape index (κ3) is 12.8. The van der Waals surface area contributed by atoms with Gasteiger partial charge in [0.15, 0.2) is 0 Å². The Morgan fingerprint density at radius 2 is 1.19 bits per heavy atom. The molecule has 0 atom stereocenters. The summed E-state index contributed by atoms with van der Waals surface area (Å²) in [6.07, 6.45) is 25.8. The van der Waals surface area contributed by atoms with Gasteiger partial charge in [-0.05, 0) is 48.3 Å². The monoisotopic (exact) mass is 522 g/mol. The smallest absolute Gasteiger partial charge is 0.126 e. The number of allylic oxidation sites excluding steroid dienone is 1. The number of rotatable bonds is 21. The minimum absolute atomic E-state index is 0.809. The lowest BCUT2D eigenvalue weighted by Gasteiger charge is -2.13. The van der Waals surface area contributed by atoms with Crippen molar-refractivity contribution < 1.29 is 9.47 Å². The van der Waals surface area contributed by atoms with Crippen molar-refractivity contribution >= 4 is 23.2 Å². The van der Waals surface area contributed by atoms with E-state index in [1.54, 1.807) is 14.2 Å². The van der Waals surface area contributed by atoms with Gasteiger partial charge in [0.25, 0.3) is 0 Å². The van der Waals surface area contributed by atoms with Crippen LogP contribution in [-0.2, 0) is 6.42 Å². The molecule has 2 aromatic rings. The van der Waals surface area contributed by atoms with Gasteiger partial charge in [0.1, 0.15) is 11.5 Å². The number of ether oxygens (including phenoxy) is 2. The largest absolute Gasteiger partial charge is 0.496 e. The zero-order valence-corrected chi connectivity index (χ0v) is 24.6. The molecule has 2 rings (SSSR count). The number of hydrogen-bond acceptors (Lipinski definition) is 3. The van der Waals surface area contributed by atoms with Crippen LogP contribution in [0.3, 0.4) is 0 Å². The van der Waals surface area contributed by atoms with Gasteiger partial charge in [0.2, 0.25) is 0 Å². The molecule has 0 aliphatic rings. The summed E-state index contributed by atoms with van der Waals surface area (Å²) < 4.78 is 11.4. The number of unbranched alkanes of at least 4 members (excludes halogenated alkanes) is 14. The van der Waals surface area contributed by atoms with Gasteiger partial charge >= 0.3 is 0 Å². The highest BCUT2D eigenvalue weighted by Gasteiger charge is 2.10. The molecule has 0 amide bonds. The van der Waals surface area contributed by atoms with Crippen LogP contribution in [0, 0.1) is 0 Å². The molecular weight excluding hydrogens is 472 g/mol. The van der Waals surface area contributed by atoms with Gasteiger partial charge in [0.05, 0.1) is 14.2 Å². The van der Waals surface area contributed by atoms with E-state index in [0.717, 1.165) is 33.9 Å². The summed E-state index contributed by atoms with van der Waals surface area (Å²) in [5, 5.41) is 0. The third-order valence-corrected chi connectivity index (χ3v) is 7.53. The lowest BCUT2D eigenvalue weighted by molar-refractivity contribution is 0.397. The second-order valence-corrected chi connectivity index (χ2v) is 10.6. The Morgan fingerprint density at radius 3 is 1.70 bits per heavy atom. The predicted molar refractivity (Wildman–Crippen MR) is 165 cm³/mol. The molecule has 37 heavy (non-hydrogen) atoms. The van der Waals surface area contributed by atoms with Crippen LogP contribution in [-0.4, -0.2) is 19.1 Å². The summed E-state index contributed by atoms with van der Waals surface area (Å²) in [6, 6.07) is 14.3. The fraction of sp³-hybridized carbons (Fsp3) is 0.559. The highest BCUT2D eigenvalue weighted by atomic mass is 32.1. The topological polar surface area (TPSA) is 18.5 Å². The molecular formula is C34H50O2S. The van der Waals surface area contributed by atoms with Gasteiger partial charge in [0, 0.05) is 10.4 Å². The molecule has 0 saturated heterocycles. The van der Waals surface area contributed by atoms with Crippen molar-refractivity contribution in [2.24, 2.45) is 0 Å². The molecule has 0 aromatic heterocycles. The second kappa shape index (κ2) is 19.9. The Morgan fingerprint density at radius 1 is 0.676 bits per heavy atom. The van der Waals surface area contributed by atoms with Crippen molar-refractivity contribution in [2.45, 2.75) is 110 Å². The SMILES string of the molecule is CCCCCCCCCCCCCCCCCc1cc(OC)c(C=CC(=S)c2ccccc2)cc1OC. The molecule has 0 aliphatic heterocycles. The van der Waals surface area contributed by atoms with Crippen LogP contribution in [0.15, 0.2) is 48.5 Å². The Kier molecular flexibility index (Phi) is 16.7. The molecule has 0 bridgehead atoms. The number of thiocarbonyl (C=S) groups is 1. The third-order valence-electron chi connectivity index (χ3n) is 7.15. The van der Waals surface area contributed by atoms with Crippen molar-refractivity contribution in [3.8, 4) is 11.5 Å². The Hall–Kier alpha value is -2.13. The van der Waals surface area contributed by atoms with Crippen molar-refractivity contribution in [3.05, 3.63) is 65.2 Å². The maximum Gasteiger partial charge on any atom is 0.126 e. The standard InChI is InChI=1S/C34H50O2S/c1-4-5-6-7-8-9-10-11-12-13-14-15-16-17-19-24-30-27-33(36-3)31(28-32(30)35-2)25-26-34(37)29-22-20-18-21-23-29/h18,20-23,25-28H,4-17,19,24H2,1-3H3. The first kappa shape index (κ1) is 31.1. The molecule has 3 heteroatoms. The highest BCUT2D eigenvalue weighted by molar-refractivity contribution is 7.81. The predicted octanol–water partition coefficient (Wildman–Crippen LogP) is 10.5. The summed E-state index contributed by atoms with van der Waals surface area (Å²) in [4.78, 5) is 0.809. The van der Waals surface area contributed by atoms with E-state index in [1.807, 2.05) is 42.5 Å². The van der Waals surface area contributed by atoms with Crippen molar-refractivity contribution in [2.75, 3.05) is 14.2 Å². The fourth-order valence-electron chi connectivity index (χ4n) is 4.86. The number of benzene rings is 2. The van der Waals surface area contributed by atoms with Gasteiger partial charge in [-0.1, -0.05) is 139 Å². The van der Waals surface area contributed by atoms with Crippen LogP contribution in [0.5, 0.6) is 11.5 Å². The van der Waals surface area contributed by atoms with E-state index in [9.17, 15) is 0 Å².